The van der Waals surface area contributed by atoms with Gasteiger partial charge in [-0.15, -0.1) is 0 Å². The van der Waals surface area contributed by atoms with Crippen molar-refractivity contribution in [3.05, 3.63) is 217 Å². The van der Waals surface area contributed by atoms with Crippen LogP contribution in [0.4, 0.5) is 17.1 Å². The third-order valence-corrected chi connectivity index (χ3v) is 12.2. The fourth-order valence-electron chi connectivity index (χ4n) is 9.40. The number of rotatable bonds is 6. The molecule has 0 fully saturated rings. The summed E-state index contributed by atoms with van der Waals surface area (Å²) in [4.78, 5) is 2.45. The lowest BCUT2D eigenvalue weighted by Gasteiger charge is -2.29. The molecule has 10 aromatic rings. The molecule has 1 aromatic heterocycles. The third-order valence-electron chi connectivity index (χ3n) is 12.2. The average molecular weight is 729 g/mol. The molecule has 0 radical (unpaired) electrons. The maximum absolute atomic E-state index is 2.45. The third kappa shape index (κ3) is 5.25. The van der Waals surface area contributed by atoms with Gasteiger partial charge in [0, 0.05) is 38.6 Å². The number of anilines is 3. The molecule has 0 aliphatic heterocycles. The summed E-state index contributed by atoms with van der Waals surface area (Å²) in [5.41, 5.74) is 17.0. The Hall–Kier alpha value is -7.16. The van der Waals surface area contributed by atoms with Crippen LogP contribution in [-0.4, -0.2) is 4.57 Å². The highest BCUT2D eigenvalue weighted by Gasteiger charge is 2.36. The van der Waals surface area contributed by atoms with E-state index < -0.39 is 0 Å². The molecule has 0 atom stereocenters. The smallest absolute Gasteiger partial charge is 0.0541 e. The van der Waals surface area contributed by atoms with Crippen LogP contribution < -0.4 is 4.90 Å². The van der Waals surface area contributed by atoms with Crippen molar-refractivity contribution in [2.24, 2.45) is 0 Å². The molecule has 0 spiro atoms. The predicted molar refractivity (Wildman–Crippen MR) is 241 cm³/mol. The van der Waals surface area contributed by atoms with Crippen LogP contribution in [0, 0.1) is 0 Å². The van der Waals surface area contributed by atoms with E-state index >= 15 is 0 Å². The van der Waals surface area contributed by atoms with E-state index in [-0.39, 0.29) is 5.41 Å². The van der Waals surface area contributed by atoms with E-state index in [9.17, 15) is 0 Å². The van der Waals surface area contributed by atoms with Crippen LogP contribution in [0.3, 0.4) is 0 Å². The maximum atomic E-state index is 2.45. The van der Waals surface area contributed by atoms with Gasteiger partial charge in [-0.1, -0.05) is 166 Å². The minimum absolute atomic E-state index is 0.225. The van der Waals surface area contributed by atoms with Crippen molar-refractivity contribution in [1.29, 1.82) is 0 Å². The first-order valence-corrected chi connectivity index (χ1v) is 19.9. The number of benzene rings is 9. The Balaban J connectivity index is 1.07. The summed E-state index contributed by atoms with van der Waals surface area (Å²) in [5, 5.41) is 5.01. The van der Waals surface area contributed by atoms with Crippen LogP contribution >= 0.6 is 0 Å². The first-order valence-electron chi connectivity index (χ1n) is 19.9. The molecule has 1 heterocycles. The number of hydrogen-bond acceptors (Lipinski definition) is 1. The van der Waals surface area contributed by atoms with E-state index in [1.54, 1.807) is 0 Å². The van der Waals surface area contributed by atoms with E-state index in [2.05, 4.69) is 230 Å². The molecular weight excluding hydrogens is 689 g/mol. The zero-order valence-electron chi connectivity index (χ0n) is 32.0. The highest BCUT2D eigenvalue weighted by atomic mass is 15.1. The molecule has 1 aliphatic carbocycles. The molecule has 11 rings (SSSR count). The minimum atomic E-state index is -0.225. The number of fused-ring (bicyclic) bond motifs is 7. The van der Waals surface area contributed by atoms with Crippen molar-refractivity contribution in [2.45, 2.75) is 19.3 Å². The number of aromatic nitrogens is 1. The fourth-order valence-corrected chi connectivity index (χ4v) is 9.40. The molecule has 270 valence electrons. The van der Waals surface area contributed by atoms with Gasteiger partial charge in [0.15, 0.2) is 0 Å². The predicted octanol–water partition coefficient (Wildman–Crippen LogP) is 15.0. The molecule has 9 aromatic carbocycles. The highest BCUT2D eigenvalue weighted by Crippen LogP contribution is 2.52. The molecule has 0 amide bonds. The molecule has 0 unspecified atom stereocenters. The van der Waals surface area contributed by atoms with Crippen molar-refractivity contribution < 1.29 is 0 Å². The molecule has 2 heteroatoms. The van der Waals surface area contributed by atoms with Crippen molar-refractivity contribution in [3.8, 4) is 39.1 Å². The lowest BCUT2D eigenvalue weighted by molar-refractivity contribution is 0.660. The van der Waals surface area contributed by atoms with E-state index in [1.165, 1.54) is 82.8 Å². The van der Waals surface area contributed by atoms with Crippen molar-refractivity contribution in [3.63, 3.8) is 0 Å². The van der Waals surface area contributed by atoms with Gasteiger partial charge < -0.3 is 9.47 Å². The lowest BCUT2D eigenvalue weighted by atomic mass is 9.82. The van der Waals surface area contributed by atoms with E-state index in [0.29, 0.717) is 0 Å². The molecule has 0 N–H and O–H groups in total. The largest absolute Gasteiger partial charge is 0.310 e. The molecule has 1 aliphatic rings. The van der Waals surface area contributed by atoms with Crippen molar-refractivity contribution in [2.75, 3.05) is 4.90 Å². The van der Waals surface area contributed by atoms with Crippen molar-refractivity contribution >= 4 is 49.6 Å². The molecule has 0 saturated carbocycles. The van der Waals surface area contributed by atoms with Crippen LogP contribution in [0.25, 0.3) is 71.6 Å². The summed E-state index contributed by atoms with van der Waals surface area (Å²) in [6, 6.07) is 75.6. The Kier molecular flexibility index (Phi) is 7.55. The Morgan fingerprint density at radius 2 is 0.860 bits per heavy atom. The Labute approximate surface area is 333 Å². The molecule has 57 heavy (non-hydrogen) atoms. The van der Waals surface area contributed by atoms with Crippen LogP contribution in [0.1, 0.15) is 25.0 Å². The Morgan fingerprint density at radius 1 is 0.368 bits per heavy atom. The second kappa shape index (κ2) is 13.0. The SMILES string of the molecule is CC1(C)c2cc(N(c3ccc(-c4ccccc4)cc3)c3ccc(-c4ccccc4)c4ccccc34)ccc2-c2ccc(-n3c4ccccc4c4ccccc43)cc21. The molecule has 0 bridgehead atoms. The Bertz CT molecular complexity index is 3080. The van der Waals surface area contributed by atoms with Crippen LogP contribution in [0.15, 0.2) is 206 Å². The van der Waals surface area contributed by atoms with E-state index in [1.807, 2.05) is 0 Å². The topological polar surface area (TPSA) is 8.17 Å². The summed E-state index contributed by atoms with van der Waals surface area (Å²) in [7, 11) is 0. The van der Waals surface area contributed by atoms with Gasteiger partial charge in [-0.3, -0.25) is 0 Å². The van der Waals surface area contributed by atoms with Gasteiger partial charge in [-0.2, -0.15) is 0 Å². The molecular formula is C55H40N2. The monoisotopic (exact) mass is 728 g/mol. The second-order valence-corrected chi connectivity index (χ2v) is 15.7. The maximum Gasteiger partial charge on any atom is 0.0541 e. The standard InChI is InChI=1S/C55H40N2/c1-55(2)50-35-41(29-31-45(50)46-32-30-42(36-51(46)55)57-52-23-13-11-21-48(52)49-22-12-14-24-53(49)57)56(40-27-25-38(26-28-40)37-15-5-3-6-16-37)54-34-33-43(39-17-7-4-8-18-39)44-19-9-10-20-47(44)54/h3-36H,1-2H3. The van der Waals surface area contributed by atoms with Crippen LogP contribution in [-0.2, 0) is 5.41 Å². The van der Waals surface area contributed by atoms with E-state index in [0.717, 1.165) is 17.1 Å². The summed E-state index contributed by atoms with van der Waals surface area (Å²) in [6.45, 7) is 4.78. The number of hydrogen-bond donors (Lipinski definition) is 0. The first kappa shape index (κ1) is 33.2. The van der Waals surface area contributed by atoms with Gasteiger partial charge in [-0.25, -0.2) is 0 Å². The summed E-state index contributed by atoms with van der Waals surface area (Å²) in [5.74, 6) is 0. The summed E-state index contributed by atoms with van der Waals surface area (Å²) >= 11 is 0. The lowest BCUT2D eigenvalue weighted by Crippen LogP contribution is -2.17. The fraction of sp³-hybridized carbons (Fsp3) is 0.0545. The zero-order chi connectivity index (χ0) is 38.1. The van der Waals surface area contributed by atoms with Gasteiger partial charge in [0.05, 0.1) is 16.7 Å². The molecule has 0 saturated heterocycles. The van der Waals surface area contributed by atoms with Gasteiger partial charge >= 0.3 is 0 Å². The van der Waals surface area contributed by atoms with E-state index in [4.69, 9.17) is 0 Å². The van der Waals surface area contributed by atoms with Crippen molar-refractivity contribution in [1.82, 2.24) is 4.57 Å². The number of para-hydroxylation sites is 2. The Morgan fingerprint density at radius 3 is 1.53 bits per heavy atom. The normalized spacial score (nSPS) is 12.9. The second-order valence-electron chi connectivity index (χ2n) is 15.7. The van der Waals surface area contributed by atoms with Gasteiger partial charge in [0.1, 0.15) is 0 Å². The van der Waals surface area contributed by atoms with Crippen LogP contribution in [0.2, 0.25) is 0 Å². The average Bonchev–Trinajstić information content (AvgIpc) is 3.72. The highest BCUT2D eigenvalue weighted by molar-refractivity contribution is 6.09. The quantitative estimate of drug-likeness (QED) is 0.165. The van der Waals surface area contributed by atoms with Gasteiger partial charge in [-0.05, 0) is 104 Å². The summed E-state index contributed by atoms with van der Waals surface area (Å²) in [6.07, 6.45) is 0. The summed E-state index contributed by atoms with van der Waals surface area (Å²) < 4.78 is 2.43. The zero-order valence-corrected chi connectivity index (χ0v) is 32.0. The van der Waals surface area contributed by atoms with Crippen LogP contribution in [0.5, 0.6) is 0 Å². The minimum Gasteiger partial charge on any atom is -0.310 e. The molecule has 2 nitrogen and oxygen atoms in total. The number of nitrogens with zero attached hydrogens (tertiary/aromatic N) is 2. The van der Waals surface area contributed by atoms with Gasteiger partial charge in [0.25, 0.3) is 0 Å². The van der Waals surface area contributed by atoms with Gasteiger partial charge in [0.2, 0.25) is 0 Å². The first-order chi connectivity index (χ1) is 28.0.